The fourth-order valence-electron chi connectivity index (χ4n) is 6.99. The van der Waals surface area contributed by atoms with Crippen molar-refractivity contribution in [1.82, 2.24) is 24.1 Å². The highest BCUT2D eigenvalue weighted by molar-refractivity contribution is 7.97. The second-order valence-corrected chi connectivity index (χ2v) is 13.7. The lowest BCUT2D eigenvalue weighted by atomic mass is 9.97. The minimum atomic E-state index is -0.413. The van der Waals surface area contributed by atoms with E-state index < -0.39 is 5.97 Å². The molecule has 0 unspecified atom stereocenters. The lowest BCUT2D eigenvalue weighted by Gasteiger charge is -2.14. The zero-order valence-electron chi connectivity index (χ0n) is 27.7. The molecule has 0 atom stereocenters. The number of esters is 1. The molecule has 0 amide bonds. The predicted molar refractivity (Wildman–Crippen MR) is 190 cm³/mol. The SMILES string of the molecule is COC(=O)c1c(C)c2c3c(Cl)ccc2n1CCCOc1cc(cc2c(F)cccc12)CCc1cc(nn1C)CSCc1nn(C)c(C)c1-3. The van der Waals surface area contributed by atoms with Crippen molar-refractivity contribution >= 4 is 51.0 Å². The van der Waals surface area contributed by atoms with Crippen LogP contribution in [0.5, 0.6) is 5.75 Å². The van der Waals surface area contributed by atoms with E-state index in [-0.39, 0.29) is 5.82 Å². The highest BCUT2D eigenvalue weighted by Crippen LogP contribution is 2.43. The lowest BCUT2D eigenvalue weighted by molar-refractivity contribution is 0.0587. The maximum Gasteiger partial charge on any atom is 0.354 e. The zero-order valence-corrected chi connectivity index (χ0v) is 29.3. The van der Waals surface area contributed by atoms with Crippen LogP contribution in [0.15, 0.2) is 48.5 Å². The molecule has 4 heterocycles. The molecule has 8 nitrogen and oxygen atoms in total. The molecule has 7 rings (SSSR count). The number of aryl methyl sites for hydroxylation is 6. The van der Waals surface area contributed by atoms with E-state index in [0.29, 0.717) is 59.4 Å². The number of hydrogen-bond acceptors (Lipinski definition) is 6. The van der Waals surface area contributed by atoms with Crippen molar-refractivity contribution in [3.05, 3.63) is 99.0 Å². The van der Waals surface area contributed by atoms with E-state index >= 15 is 4.39 Å². The van der Waals surface area contributed by atoms with Gasteiger partial charge >= 0.3 is 5.97 Å². The molecule has 248 valence electrons. The number of halogens is 2. The maximum absolute atomic E-state index is 15.1. The van der Waals surface area contributed by atoms with Crippen LogP contribution in [0.3, 0.4) is 0 Å². The largest absolute Gasteiger partial charge is 0.493 e. The van der Waals surface area contributed by atoms with Gasteiger partial charge in [0.1, 0.15) is 17.3 Å². The number of ether oxygens (including phenoxy) is 2. The number of thioether (sulfide) groups is 1. The molecular formula is C37H37ClFN5O3S. The highest BCUT2D eigenvalue weighted by atomic mass is 35.5. The molecule has 6 aromatic rings. The summed E-state index contributed by atoms with van der Waals surface area (Å²) in [6, 6.07) is 15.0. The molecule has 0 radical (unpaired) electrons. The standard InChI is InChI=1S/C37H37ClFN5O3S/c1-21-33-31-13-12-28(38)35(33)34-22(2)42(3)41-30(34)20-48-19-24-18-25(43(4)40-24)11-10-23-16-27-26(8-6-9-29(27)39)32(17-23)47-15-7-14-44(31)36(21)37(45)46-5/h6,8-9,12-13,16-18H,7,10-11,14-15,19-20H2,1-5H3. The maximum atomic E-state index is 15.1. The average Bonchev–Trinajstić information content (AvgIpc) is 3.67. The van der Waals surface area contributed by atoms with Gasteiger partial charge in [0.15, 0.2) is 0 Å². The third kappa shape index (κ3) is 5.64. The molecule has 1 aliphatic heterocycles. The number of rotatable bonds is 1. The summed E-state index contributed by atoms with van der Waals surface area (Å²) in [5.74, 6) is 1.32. The number of fused-ring (bicyclic) bond motifs is 8. The lowest BCUT2D eigenvalue weighted by Crippen LogP contribution is -2.13. The molecule has 0 aliphatic carbocycles. The smallest absolute Gasteiger partial charge is 0.354 e. The van der Waals surface area contributed by atoms with Gasteiger partial charge < -0.3 is 14.0 Å². The minimum Gasteiger partial charge on any atom is -0.493 e. The van der Waals surface area contributed by atoms with E-state index in [2.05, 4.69) is 6.07 Å². The number of benzene rings is 3. The first-order chi connectivity index (χ1) is 23.2. The Hall–Kier alpha value is -4.28. The minimum absolute atomic E-state index is 0.276. The average molecular weight is 686 g/mol. The van der Waals surface area contributed by atoms with Crippen molar-refractivity contribution in [3.63, 3.8) is 0 Å². The van der Waals surface area contributed by atoms with Crippen molar-refractivity contribution < 1.29 is 18.7 Å². The first-order valence-electron chi connectivity index (χ1n) is 16.0. The fourth-order valence-corrected chi connectivity index (χ4v) is 8.09. The van der Waals surface area contributed by atoms with Crippen LogP contribution in [-0.4, -0.2) is 43.8 Å². The van der Waals surface area contributed by atoms with Crippen molar-refractivity contribution in [2.75, 3.05) is 13.7 Å². The van der Waals surface area contributed by atoms with Gasteiger partial charge in [-0.2, -0.15) is 10.2 Å². The van der Waals surface area contributed by atoms with E-state index in [0.717, 1.165) is 67.7 Å². The van der Waals surface area contributed by atoms with Gasteiger partial charge in [-0.25, -0.2) is 9.18 Å². The third-order valence-electron chi connectivity index (χ3n) is 9.39. The van der Waals surface area contributed by atoms with Gasteiger partial charge in [-0.3, -0.25) is 9.36 Å². The van der Waals surface area contributed by atoms with E-state index in [9.17, 15) is 4.79 Å². The number of carbonyl (C=O) groups is 1. The Morgan fingerprint density at radius 2 is 1.83 bits per heavy atom. The van der Waals surface area contributed by atoms with Crippen molar-refractivity contribution in [3.8, 4) is 16.9 Å². The van der Waals surface area contributed by atoms with Crippen LogP contribution in [0, 0.1) is 19.7 Å². The van der Waals surface area contributed by atoms with Gasteiger partial charge in [0.05, 0.1) is 25.1 Å². The van der Waals surface area contributed by atoms with Gasteiger partial charge in [-0.15, -0.1) is 11.8 Å². The summed E-state index contributed by atoms with van der Waals surface area (Å²) in [5.41, 5.74) is 9.02. The number of carbonyl (C=O) groups excluding carboxylic acids is 1. The topological polar surface area (TPSA) is 76.1 Å². The molecular weight excluding hydrogens is 649 g/mol. The Morgan fingerprint density at radius 3 is 2.65 bits per heavy atom. The highest BCUT2D eigenvalue weighted by Gasteiger charge is 2.27. The molecule has 0 N–H and O–H groups in total. The van der Waals surface area contributed by atoms with E-state index in [1.807, 2.05) is 72.2 Å². The van der Waals surface area contributed by atoms with E-state index in [4.69, 9.17) is 31.3 Å². The third-order valence-corrected chi connectivity index (χ3v) is 10.7. The Labute approximate surface area is 287 Å². The molecule has 1 aliphatic rings. The van der Waals surface area contributed by atoms with Gasteiger partial charge in [0.25, 0.3) is 0 Å². The van der Waals surface area contributed by atoms with Gasteiger partial charge in [0, 0.05) is 81.4 Å². The van der Waals surface area contributed by atoms with Gasteiger partial charge in [-0.1, -0.05) is 23.7 Å². The van der Waals surface area contributed by atoms with Crippen LogP contribution in [0.4, 0.5) is 4.39 Å². The van der Waals surface area contributed by atoms with Crippen LogP contribution in [0.2, 0.25) is 5.02 Å². The number of methoxy groups -OCH3 is 1. The van der Waals surface area contributed by atoms with Crippen molar-refractivity contribution in [2.24, 2.45) is 14.1 Å². The van der Waals surface area contributed by atoms with Crippen LogP contribution < -0.4 is 4.74 Å². The first-order valence-corrected chi connectivity index (χ1v) is 17.6. The monoisotopic (exact) mass is 685 g/mol. The molecule has 3 aromatic carbocycles. The first kappa shape index (κ1) is 32.3. The summed E-state index contributed by atoms with van der Waals surface area (Å²) in [7, 11) is 5.32. The Bertz CT molecular complexity index is 2220. The predicted octanol–water partition coefficient (Wildman–Crippen LogP) is 8.13. The van der Waals surface area contributed by atoms with Crippen LogP contribution in [0.25, 0.3) is 32.8 Å². The number of aromatic nitrogens is 5. The molecule has 8 bridgehead atoms. The Morgan fingerprint density at radius 1 is 1.00 bits per heavy atom. The van der Waals surface area contributed by atoms with Crippen LogP contribution >= 0.6 is 23.4 Å². The number of nitrogens with zero attached hydrogens (tertiary/aromatic N) is 5. The van der Waals surface area contributed by atoms with Crippen molar-refractivity contribution in [2.45, 2.75) is 51.2 Å². The number of hydrogen-bond donors (Lipinski definition) is 0. The summed E-state index contributed by atoms with van der Waals surface area (Å²) in [6.07, 6.45) is 2.06. The quantitative estimate of drug-likeness (QED) is 0.163. The fraction of sp³-hybridized carbons (Fsp3) is 0.324. The normalized spacial score (nSPS) is 14.1. The van der Waals surface area contributed by atoms with E-state index in [1.165, 1.54) is 13.2 Å². The molecule has 11 heteroatoms. The summed E-state index contributed by atoms with van der Waals surface area (Å²) in [4.78, 5) is 13.3. The molecule has 0 fully saturated rings. The van der Waals surface area contributed by atoms with Crippen LogP contribution in [-0.2, 0) is 49.7 Å². The molecule has 0 saturated carbocycles. The summed E-state index contributed by atoms with van der Waals surface area (Å²) in [6.45, 7) is 4.86. The zero-order chi connectivity index (χ0) is 33.7. The van der Waals surface area contributed by atoms with Gasteiger partial charge in [-0.05, 0) is 80.6 Å². The Kier molecular flexibility index (Phi) is 8.72. The van der Waals surface area contributed by atoms with Crippen molar-refractivity contribution in [1.29, 1.82) is 0 Å². The molecule has 48 heavy (non-hydrogen) atoms. The van der Waals surface area contributed by atoms with Gasteiger partial charge in [0.2, 0.25) is 0 Å². The summed E-state index contributed by atoms with van der Waals surface area (Å²) < 4.78 is 32.6. The van der Waals surface area contributed by atoms with Crippen LogP contribution in [0.1, 0.15) is 50.8 Å². The Balaban J connectivity index is 1.37. The molecule has 0 spiro atoms. The van der Waals surface area contributed by atoms with E-state index in [1.54, 1.807) is 17.8 Å². The molecule has 0 saturated heterocycles. The summed E-state index contributed by atoms with van der Waals surface area (Å²) >= 11 is 8.78. The second kappa shape index (κ2) is 13.0. The second-order valence-electron chi connectivity index (χ2n) is 12.3. The molecule has 3 aromatic heterocycles. The summed E-state index contributed by atoms with van der Waals surface area (Å²) in [5, 5.41) is 12.5.